The second kappa shape index (κ2) is 8.77. The highest BCUT2D eigenvalue weighted by molar-refractivity contribution is 7.47. The zero-order chi connectivity index (χ0) is 22.0. The summed E-state index contributed by atoms with van der Waals surface area (Å²) in [6.45, 7) is -0.606. The molecule has 1 aromatic carbocycles. The number of amides is 1. The summed E-state index contributed by atoms with van der Waals surface area (Å²) in [6.07, 6.45) is -0.945. The molecule has 0 saturated carbocycles. The second-order valence-electron chi connectivity index (χ2n) is 6.58. The van der Waals surface area contributed by atoms with Gasteiger partial charge in [0.15, 0.2) is 11.9 Å². The average molecular weight is 451 g/mol. The van der Waals surface area contributed by atoms with Crippen LogP contribution in [-0.2, 0) is 18.5 Å². The van der Waals surface area contributed by atoms with Crippen LogP contribution in [0.1, 0.15) is 16.6 Å². The predicted molar refractivity (Wildman–Crippen MR) is 102 cm³/mol. The Hall–Kier alpha value is -2.77. The molecule has 1 fully saturated rings. The number of hydrogen-bond donors (Lipinski definition) is 4. The molecule has 1 aliphatic heterocycles. The first-order valence-corrected chi connectivity index (χ1v) is 10.5. The van der Waals surface area contributed by atoms with Crippen LogP contribution in [0.2, 0.25) is 0 Å². The van der Waals surface area contributed by atoms with Crippen molar-refractivity contribution in [1.29, 1.82) is 0 Å². The van der Waals surface area contributed by atoms with Gasteiger partial charge in [-0.15, -0.1) is 0 Å². The smallest absolute Gasteiger partial charge is 0.387 e. The summed E-state index contributed by atoms with van der Waals surface area (Å²) in [7, 11) is -4.73. The molecule has 1 aliphatic rings. The highest BCUT2D eigenvalue weighted by Crippen LogP contribution is 2.43. The van der Waals surface area contributed by atoms with Crippen LogP contribution in [-0.4, -0.2) is 65.5 Å². The van der Waals surface area contributed by atoms with Gasteiger partial charge < -0.3 is 19.8 Å². The van der Waals surface area contributed by atoms with Crippen molar-refractivity contribution in [2.75, 3.05) is 6.61 Å². The van der Waals surface area contributed by atoms with Gasteiger partial charge in [-0.25, -0.2) is 25.0 Å². The number of carbonyl (C=O) groups is 1. The number of ether oxygens (including phenoxy) is 1. The minimum atomic E-state index is -4.73. The number of benzene rings is 1. The number of nitrogens with zero attached hydrogens (tertiary/aromatic N) is 4. The van der Waals surface area contributed by atoms with E-state index in [1.54, 1.807) is 18.2 Å². The summed E-state index contributed by atoms with van der Waals surface area (Å²) in [5.41, 5.74) is 2.86. The van der Waals surface area contributed by atoms with Gasteiger partial charge in [0.25, 0.3) is 5.91 Å². The number of hydroxylamine groups is 1. The van der Waals surface area contributed by atoms with Crippen LogP contribution in [0.3, 0.4) is 0 Å². The zero-order valence-electron chi connectivity index (χ0n) is 15.8. The molecule has 4 N–H and O–H groups in total. The van der Waals surface area contributed by atoms with Gasteiger partial charge in [0, 0.05) is 5.56 Å². The maximum Gasteiger partial charge on any atom is 0.493 e. The van der Waals surface area contributed by atoms with Crippen molar-refractivity contribution in [3.63, 3.8) is 0 Å². The van der Waals surface area contributed by atoms with E-state index in [2.05, 4.69) is 19.6 Å². The van der Waals surface area contributed by atoms with Crippen molar-refractivity contribution in [3.8, 4) is 0 Å². The molecule has 1 saturated heterocycles. The number of carbonyl (C=O) groups excluding carboxylic acids is 1. The monoisotopic (exact) mass is 451 g/mol. The van der Waals surface area contributed by atoms with Crippen LogP contribution in [0.15, 0.2) is 49.2 Å². The quantitative estimate of drug-likeness (QED) is 0.279. The molecule has 1 unspecified atom stereocenters. The van der Waals surface area contributed by atoms with Gasteiger partial charge in [-0.1, -0.05) is 18.2 Å². The Morgan fingerprint density at radius 3 is 2.77 bits per heavy atom. The third kappa shape index (κ3) is 4.62. The fourth-order valence-corrected chi connectivity index (χ4v) is 3.60. The SMILES string of the molecule is O=C(NOP(=O)(O)OC[C@H]1O[C@@H](n2cnc3cncnc32)[C@H](O)[C@@H]1O)c1ccccc1. The minimum Gasteiger partial charge on any atom is -0.387 e. The lowest BCUT2D eigenvalue weighted by Crippen LogP contribution is -2.34. The van der Waals surface area contributed by atoms with Crippen molar-refractivity contribution >= 4 is 24.9 Å². The molecule has 14 heteroatoms. The fourth-order valence-electron chi connectivity index (χ4n) is 3.01. The van der Waals surface area contributed by atoms with Crippen LogP contribution < -0.4 is 5.48 Å². The summed E-state index contributed by atoms with van der Waals surface area (Å²) in [4.78, 5) is 33.7. The van der Waals surface area contributed by atoms with Crippen LogP contribution >= 0.6 is 7.82 Å². The number of phosphoric acid groups is 1. The van der Waals surface area contributed by atoms with Crippen LogP contribution in [0.4, 0.5) is 0 Å². The Balaban J connectivity index is 1.36. The Morgan fingerprint density at radius 2 is 2.00 bits per heavy atom. The Bertz CT molecular complexity index is 1110. The van der Waals surface area contributed by atoms with Crippen molar-refractivity contribution in [1.82, 2.24) is 25.0 Å². The number of aliphatic hydroxyl groups is 2. The second-order valence-corrected chi connectivity index (χ2v) is 7.96. The maximum absolute atomic E-state index is 12.0. The van der Waals surface area contributed by atoms with E-state index in [-0.39, 0.29) is 5.56 Å². The molecule has 5 atom stereocenters. The number of imidazole rings is 1. The van der Waals surface area contributed by atoms with E-state index >= 15 is 0 Å². The van der Waals surface area contributed by atoms with E-state index in [1.165, 1.54) is 35.6 Å². The molecule has 3 heterocycles. The molecule has 3 aromatic rings. The van der Waals surface area contributed by atoms with Gasteiger partial charge >= 0.3 is 7.82 Å². The topological polar surface area (TPSA) is 178 Å². The summed E-state index contributed by atoms with van der Waals surface area (Å²) in [5, 5.41) is 20.6. The summed E-state index contributed by atoms with van der Waals surface area (Å²) < 4.78 is 28.3. The number of phosphoric ester groups is 1. The average Bonchev–Trinajstić information content (AvgIpc) is 3.32. The highest BCUT2D eigenvalue weighted by atomic mass is 31.2. The lowest BCUT2D eigenvalue weighted by Gasteiger charge is -2.17. The molecular formula is C17H18N5O8P. The molecule has 164 valence electrons. The zero-order valence-corrected chi connectivity index (χ0v) is 16.6. The van der Waals surface area contributed by atoms with E-state index in [9.17, 15) is 24.5 Å². The molecule has 13 nitrogen and oxygen atoms in total. The largest absolute Gasteiger partial charge is 0.493 e. The van der Waals surface area contributed by atoms with Gasteiger partial charge in [-0.3, -0.25) is 13.9 Å². The van der Waals surface area contributed by atoms with Crippen molar-refractivity contribution < 1.29 is 38.4 Å². The third-order valence-electron chi connectivity index (χ3n) is 4.54. The molecule has 31 heavy (non-hydrogen) atoms. The molecular weight excluding hydrogens is 433 g/mol. The summed E-state index contributed by atoms with van der Waals surface area (Å²) in [5.74, 6) is -0.750. The first kappa shape index (κ1) is 21.5. The number of hydrogen-bond acceptors (Lipinski definition) is 10. The predicted octanol–water partition coefficient (Wildman–Crippen LogP) is -0.0759. The summed E-state index contributed by atoms with van der Waals surface area (Å²) >= 11 is 0. The molecule has 0 bridgehead atoms. The minimum absolute atomic E-state index is 0.208. The molecule has 0 aliphatic carbocycles. The number of fused-ring (bicyclic) bond motifs is 1. The van der Waals surface area contributed by atoms with Crippen molar-refractivity contribution in [3.05, 3.63) is 54.7 Å². The van der Waals surface area contributed by atoms with Crippen LogP contribution in [0.25, 0.3) is 11.2 Å². The van der Waals surface area contributed by atoms with Gasteiger partial charge in [-0.05, 0) is 12.1 Å². The number of rotatable bonds is 7. The van der Waals surface area contributed by atoms with Crippen LogP contribution in [0.5, 0.6) is 0 Å². The molecule has 4 rings (SSSR count). The number of aliphatic hydroxyl groups excluding tert-OH is 2. The molecule has 1 amide bonds. The van der Waals surface area contributed by atoms with E-state index in [0.717, 1.165) is 0 Å². The maximum atomic E-state index is 12.0. The lowest BCUT2D eigenvalue weighted by molar-refractivity contribution is -0.0525. The third-order valence-corrected chi connectivity index (χ3v) is 5.34. The van der Waals surface area contributed by atoms with E-state index in [4.69, 9.17) is 9.26 Å². The first-order chi connectivity index (χ1) is 14.9. The van der Waals surface area contributed by atoms with Gasteiger partial charge in [0.1, 0.15) is 30.2 Å². The Morgan fingerprint density at radius 1 is 1.23 bits per heavy atom. The normalized spacial score (nSPS) is 25.4. The molecule has 0 spiro atoms. The van der Waals surface area contributed by atoms with E-state index < -0.39 is 44.9 Å². The standard InChI is InChI=1S/C17H18N5O8P/c23-13-12(7-28-31(26,27)30-21-16(25)10-4-2-1-3-5-10)29-17(14(13)24)22-9-20-11-6-18-8-19-15(11)22/h1-6,8-9,12-14,17,23-24H,7H2,(H,21,25)(H,26,27)/t12-,13-,14-,17-/m1/s1. The van der Waals surface area contributed by atoms with E-state index in [1.807, 2.05) is 5.48 Å². The van der Waals surface area contributed by atoms with Crippen LogP contribution in [0, 0.1) is 0 Å². The van der Waals surface area contributed by atoms with Gasteiger partial charge in [0.05, 0.1) is 19.1 Å². The summed E-state index contributed by atoms with van der Waals surface area (Å²) in [6, 6.07) is 7.89. The van der Waals surface area contributed by atoms with Crippen molar-refractivity contribution in [2.24, 2.45) is 0 Å². The molecule has 0 radical (unpaired) electrons. The molecule has 2 aromatic heterocycles. The fraction of sp³-hybridized carbons (Fsp3) is 0.294. The Kier molecular flexibility index (Phi) is 6.07. The first-order valence-electron chi connectivity index (χ1n) is 9.01. The van der Waals surface area contributed by atoms with Gasteiger partial charge in [0.2, 0.25) is 0 Å². The number of nitrogens with one attached hydrogen (secondary N) is 1. The van der Waals surface area contributed by atoms with Gasteiger partial charge in [-0.2, -0.15) is 4.62 Å². The van der Waals surface area contributed by atoms with Crippen molar-refractivity contribution in [2.45, 2.75) is 24.5 Å². The number of aromatic nitrogens is 4. The Labute approximate surface area is 174 Å². The van der Waals surface area contributed by atoms with E-state index in [0.29, 0.717) is 11.2 Å². The lowest BCUT2D eigenvalue weighted by atomic mass is 10.1. The highest BCUT2D eigenvalue weighted by Gasteiger charge is 2.45.